The summed E-state index contributed by atoms with van der Waals surface area (Å²) in [7, 11) is 1.55. The SMILES string of the molecule is COc1ccc(C(=O)OC[C@@H]2C=CC[C@@H](n3ccc(=O)[nH]c3=O)O2)cc1. The molecule has 3 rings (SSSR count). The Balaban J connectivity index is 1.60. The first-order chi connectivity index (χ1) is 12.6. The average molecular weight is 358 g/mol. The zero-order valence-electron chi connectivity index (χ0n) is 14.1. The van der Waals surface area contributed by atoms with Crippen molar-refractivity contribution >= 4 is 5.97 Å². The highest BCUT2D eigenvalue weighted by atomic mass is 16.6. The van der Waals surface area contributed by atoms with Crippen LogP contribution in [0.2, 0.25) is 0 Å². The Morgan fingerprint density at radius 1 is 1.27 bits per heavy atom. The fourth-order valence-electron chi connectivity index (χ4n) is 2.55. The molecule has 0 fully saturated rings. The van der Waals surface area contributed by atoms with E-state index in [1.54, 1.807) is 37.5 Å². The van der Waals surface area contributed by atoms with E-state index in [2.05, 4.69) is 4.98 Å². The molecule has 2 heterocycles. The second-order valence-corrected chi connectivity index (χ2v) is 5.64. The van der Waals surface area contributed by atoms with E-state index in [0.717, 1.165) is 0 Å². The molecule has 0 radical (unpaired) electrons. The standard InChI is InChI=1S/C18H18N2O6/c1-24-13-7-5-12(6-8-13)17(22)25-11-14-3-2-4-16(26-14)20-10-9-15(21)19-18(20)23/h2-3,5-10,14,16H,4,11H2,1H3,(H,19,21,23)/t14-,16-/m0/s1. The fraction of sp³-hybridized carbons (Fsp3) is 0.278. The van der Waals surface area contributed by atoms with Crippen LogP contribution in [0.3, 0.4) is 0 Å². The van der Waals surface area contributed by atoms with Crippen molar-refractivity contribution in [1.29, 1.82) is 0 Å². The Labute approximate surface area is 148 Å². The zero-order valence-corrected chi connectivity index (χ0v) is 14.1. The molecule has 0 unspecified atom stereocenters. The second-order valence-electron chi connectivity index (χ2n) is 5.64. The lowest BCUT2D eigenvalue weighted by Crippen LogP contribution is -2.36. The van der Waals surface area contributed by atoms with Gasteiger partial charge in [0.25, 0.3) is 5.56 Å². The summed E-state index contributed by atoms with van der Waals surface area (Å²) in [6, 6.07) is 7.82. The number of esters is 1. The summed E-state index contributed by atoms with van der Waals surface area (Å²) in [6.45, 7) is 0.00989. The topological polar surface area (TPSA) is 99.6 Å². The zero-order chi connectivity index (χ0) is 18.5. The van der Waals surface area contributed by atoms with Crippen LogP contribution in [-0.4, -0.2) is 35.3 Å². The molecular weight excluding hydrogens is 340 g/mol. The fourth-order valence-corrected chi connectivity index (χ4v) is 2.55. The largest absolute Gasteiger partial charge is 0.497 e. The number of methoxy groups -OCH3 is 1. The Morgan fingerprint density at radius 3 is 2.73 bits per heavy atom. The minimum absolute atomic E-state index is 0.00989. The van der Waals surface area contributed by atoms with E-state index in [1.165, 1.54) is 16.8 Å². The van der Waals surface area contributed by atoms with Gasteiger partial charge in [0.1, 0.15) is 24.7 Å². The summed E-state index contributed by atoms with van der Waals surface area (Å²) in [5.41, 5.74) is -0.617. The summed E-state index contributed by atoms with van der Waals surface area (Å²) in [5.74, 6) is 0.169. The van der Waals surface area contributed by atoms with Gasteiger partial charge in [-0.2, -0.15) is 0 Å². The van der Waals surface area contributed by atoms with Crippen molar-refractivity contribution in [3.8, 4) is 5.75 Å². The maximum absolute atomic E-state index is 12.1. The maximum atomic E-state index is 12.1. The highest BCUT2D eigenvalue weighted by Gasteiger charge is 2.22. The van der Waals surface area contributed by atoms with Crippen LogP contribution < -0.4 is 16.0 Å². The van der Waals surface area contributed by atoms with E-state index >= 15 is 0 Å². The lowest BCUT2D eigenvalue weighted by molar-refractivity contribution is -0.0656. The molecule has 2 atom stereocenters. The lowest BCUT2D eigenvalue weighted by atomic mass is 10.2. The van der Waals surface area contributed by atoms with Crippen molar-refractivity contribution in [3.05, 3.63) is 75.1 Å². The van der Waals surface area contributed by atoms with E-state index in [1.807, 2.05) is 6.08 Å². The van der Waals surface area contributed by atoms with Crippen LogP contribution in [0.25, 0.3) is 0 Å². The number of ether oxygens (including phenoxy) is 3. The highest BCUT2D eigenvalue weighted by Crippen LogP contribution is 2.20. The Morgan fingerprint density at radius 2 is 2.04 bits per heavy atom. The smallest absolute Gasteiger partial charge is 0.338 e. The maximum Gasteiger partial charge on any atom is 0.338 e. The Kier molecular flexibility index (Phi) is 5.33. The first-order valence-corrected chi connectivity index (χ1v) is 8.01. The molecule has 0 saturated heterocycles. The molecule has 26 heavy (non-hydrogen) atoms. The summed E-state index contributed by atoms with van der Waals surface area (Å²) in [4.78, 5) is 37.3. The molecule has 1 aliphatic heterocycles. The number of benzene rings is 1. The molecule has 8 heteroatoms. The molecule has 8 nitrogen and oxygen atoms in total. The summed E-state index contributed by atoms with van der Waals surface area (Å²) < 4.78 is 17.4. The molecule has 0 spiro atoms. The molecule has 136 valence electrons. The lowest BCUT2D eigenvalue weighted by Gasteiger charge is -2.26. The van der Waals surface area contributed by atoms with Crippen LogP contribution in [0.5, 0.6) is 5.75 Å². The van der Waals surface area contributed by atoms with Gasteiger partial charge in [-0.05, 0) is 24.3 Å². The molecule has 2 aromatic rings. The van der Waals surface area contributed by atoms with Gasteiger partial charge >= 0.3 is 11.7 Å². The van der Waals surface area contributed by atoms with Gasteiger partial charge in [0.05, 0.1) is 12.7 Å². The predicted octanol–water partition coefficient (Wildman–Crippen LogP) is 1.25. The first-order valence-electron chi connectivity index (χ1n) is 8.01. The van der Waals surface area contributed by atoms with Crippen molar-refractivity contribution in [2.75, 3.05) is 13.7 Å². The Bertz CT molecular complexity index is 912. The number of nitrogens with zero attached hydrogens (tertiary/aromatic N) is 1. The van der Waals surface area contributed by atoms with Crippen LogP contribution in [-0.2, 0) is 9.47 Å². The molecule has 1 N–H and O–H groups in total. The third kappa shape index (κ3) is 4.09. The van der Waals surface area contributed by atoms with Gasteiger partial charge in [-0.15, -0.1) is 0 Å². The van der Waals surface area contributed by atoms with Gasteiger partial charge in [-0.25, -0.2) is 9.59 Å². The normalized spacial score (nSPS) is 19.1. The first kappa shape index (κ1) is 17.7. The summed E-state index contributed by atoms with van der Waals surface area (Å²) in [6.07, 6.45) is 4.40. The number of hydrogen-bond acceptors (Lipinski definition) is 6. The van der Waals surface area contributed by atoms with Gasteiger partial charge in [0.2, 0.25) is 0 Å². The van der Waals surface area contributed by atoms with Crippen molar-refractivity contribution in [2.45, 2.75) is 18.8 Å². The van der Waals surface area contributed by atoms with Gasteiger partial charge in [-0.1, -0.05) is 12.2 Å². The molecule has 0 bridgehead atoms. The summed E-state index contributed by atoms with van der Waals surface area (Å²) in [5, 5.41) is 0. The number of carbonyl (C=O) groups is 1. The van der Waals surface area contributed by atoms with Gasteiger partial charge < -0.3 is 14.2 Å². The Hall–Kier alpha value is -3.13. The quantitative estimate of drug-likeness (QED) is 0.638. The number of hydrogen-bond donors (Lipinski definition) is 1. The van der Waals surface area contributed by atoms with E-state index < -0.39 is 29.6 Å². The number of nitrogens with one attached hydrogen (secondary N) is 1. The van der Waals surface area contributed by atoms with E-state index in [4.69, 9.17) is 14.2 Å². The molecule has 1 aliphatic rings. The van der Waals surface area contributed by atoms with E-state index in [9.17, 15) is 14.4 Å². The van der Waals surface area contributed by atoms with Crippen LogP contribution in [0, 0.1) is 0 Å². The number of H-pyrrole nitrogens is 1. The molecule has 0 saturated carbocycles. The third-order valence-electron chi connectivity index (χ3n) is 3.89. The number of aromatic nitrogens is 2. The molecule has 1 aromatic heterocycles. The molecular formula is C18H18N2O6. The van der Waals surface area contributed by atoms with Gasteiger partial charge in [-0.3, -0.25) is 14.3 Å². The molecule has 1 aromatic carbocycles. The van der Waals surface area contributed by atoms with Gasteiger partial charge in [0.15, 0.2) is 0 Å². The van der Waals surface area contributed by atoms with Crippen molar-refractivity contribution in [2.24, 2.45) is 0 Å². The highest BCUT2D eigenvalue weighted by molar-refractivity contribution is 5.89. The van der Waals surface area contributed by atoms with Crippen LogP contribution in [0.4, 0.5) is 0 Å². The predicted molar refractivity (Wildman–Crippen MR) is 92.3 cm³/mol. The van der Waals surface area contributed by atoms with Crippen LogP contribution in [0.1, 0.15) is 23.0 Å². The van der Waals surface area contributed by atoms with Crippen molar-refractivity contribution in [3.63, 3.8) is 0 Å². The van der Waals surface area contributed by atoms with Crippen LogP contribution >= 0.6 is 0 Å². The van der Waals surface area contributed by atoms with Crippen LogP contribution in [0.15, 0.2) is 58.3 Å². The van der Waals surface area contributed by atoms with E-state index in [-0.39, 0.29) is 6.61 Å². The van der Waals surface area contributed by atoms with Crippen molar-refractivity contribution < 1.29 is 19.0 Å². The number of rotatable bonds is 5. The molecule has 0 amide bonds. The summed E-state index contributed by atoms with van der Waals surface area (Å²) >= 11 is 0. The van der Waals surface area contributed by atoms with Crippen molar-refractivity contribution in [1.82, 2.24) is 9.55 Å². The minimum atomic E-state index is -0.575. The van der Waals surface area contributed by atoms with E-state index in [0.29, 0.717) is 17.7 Å². The second kappa shape index (κ2) is 7.83. The number of carbonyl (C=O) groups excluding carboxylic acids is 1. The van der Waals surface area contributed by atoms with Gasteiger partial charge in [0, 0.05) is 18.7 Å². The average Bonchev–Trinajstić information content (AvgIpc) is 2.66. The number of aromatic amines is 1. The molecule has 0 aliphatic carbocycles. The monoisotopic (exact) mass is 358 g/mol. The minimum Gasteiger partial charge on any atom is -0.497 e. The third-order valence-corrected chi connectivity index (χ3v) is 3.89.